The van der Waals surface area contributed by atoms with E-state index in [1.165, 1.54) is 18.4 Å². The SMILES string of the molecule is O=c1[nH]c(CN2CCc3sccc3C2C2CC2)nc2scc(-c3ccccc3)c12. The van der Waals surface area contributed by atoms with Crippen molar-refractivity contribution in [2.45, 2.75) is 31.8 Å². The van der Waals surface area contributed by atoms with Crippen molar-refractivity contribution in [3.63, 3.8) is 0 Å². The van der Waals surface area contributed by atoms with Gasteiger partial charge < -0.3 is 4.98 Å². The quantitative estimate of drug-likeness (QED) is 0.493. The number of hydrogen-bond acceptors (Lipinski definition) is 5. The molecule has 4 heterocycles. The van der Waals surface area contributed by atoms with Crippen LogP contribution in [0.15, 0.2) is 52.0 Å². The summed E-state index contributed by atoms with van der Waals surface area (Å²) in [4.78, 5) is 25.8. The zero-order valence-corrected chi connectivity index (χ0v) is 17.6. The van der Waals surface area contributed by atoms with E-state index in [0.29, 0.717) is 18.0 Å². The number of benzene rings is 1. The number of hydrogen-bond donors (Lipinski definition) is 1. The number of H-pyrrole nitrogens is 1. The molecule has 1 aliphatic carbocycles. The van der Waals surface area contributed by atoms with E-state index in [1.807, 2.05) is 41.7 Å². The first kappa shape index (κ1) is 17.6. The Balaban J connectivity index is 1.35. The summed E-state index contributed by atoms with van der Waals surface area (Å²) in [5.74, 6) is 1.54. The van der Waals surface area contributed by atoms with Crippen molar-refractivity contribution in [1.82, 2.24) is 14.9 Å². The van der Waals surface area contributed by atoms with Crippen LogP contribution in [0.1, 0.15) is 35.1 Å². The second kappa shape index (κ2) is 6.90. The molecule has 1 aliphatic heterocycles. The summed E-state index contributed by atoms with van der Waals surface area (Å²) in [5.41, 5.74) is 3.52. The highest BCUT2D eigenvalue weighted by Gasteiger charge is 2.40. The minimum Gasteiger partial charge on any atom is -0.309 e. The molecule has 6 heteroatoms. The van der Waals surface area contributed by atoms with Gasteiger partial charge in [-0.1, -0.05) is 30.3 Å². The Kier molecular flexibility index (Phi) is 4.18. The molecule has 1 atom stereocenters. The van der Waals surface area contributed by atoms with Crippen LogP contribution >= 0.6 is 22.7 Å². The van der Waals surface area contributed by atoms with Gasteiger partial charge in [-0.2, -0.15) is 0 Å². The van der Waals surface area contributed by atoms with E-state index in [-0.39, 0.29) is 5.56 Å². The third-order valence-corrected chi connectivity index (χ3v) is 7.99. The average Bonchev–Trinajstić information content (AvgIpc) is 3.29. The molecule has 0 radical (unpaired) electrons. The molecule has 6 rings (SSSR count). The van der Waals surface area contributed by atoms with Crippen LogP contribution in [0.25, 0.3) is 21.3 Å². The average molecular weight is 420 g/mol. The van der Waals surface area contributed by atoms with Crippen molar-refractivity contribution in [2.75, 3.05) is 6.54 Å². The third kappa shape index (κ3) is 3.06. The molecule has 0 amide bonds. The maximum Gasteiger partial charge on any atom is 0.260 e. The predicted molar refractivity (Wildman–Crippen MR) is 120 cm³/mol. The summed E-state index contributed by atoms with van der Waals surface area (Å²) in [6, 6.07) is 12.9. The van der Waals surface area contributed by atoms with E-state index in [4.69, 9.17) is 4.98 Å². The lowest BCUT2D eigenvalue weighted by atomic mass is 9.96. The predicted octanol–water partition coefficient (Wildman–Crippen LogP) is 5.22. The minimum atomic E-state index is -0.0266. The number of fused-ring (bicyclic) bond motifs is 2. The van der Waals surface area contributed by atoms with Crippen LogP contribution in [0, 0.1) is 5.92 Å². The highest BCUT2D eigenvalue weighted by molar-refractivity contribution is 7.17. The molecule has 0 spiro atoms. The smallest absolute Gasteiger partial charge is 0.260 e. The van der Waals surface area contributed by atoms with Crippen LogP contribution in [-0.2, 0) is 13.0 Å². The normalized spacial score (nSPS) is 19.5. The van der Waals surface area contributed by atoms with Crippen LogP contribution in [0.3, 0.4) is 0 Å². The zero-order valence-electron chi connectivity index (χ0n) is 15.9. The summed E-state index contributed by atoms with van der Waals surface area (Å²) < 4.78 is 0. The molecule has 1 saturated carbocycles. The first-order chi connectivity index (χ1) is 14.3. The van der Waals surface area contributed by atoms with Crippen molar-refractivity contribution in [3.8, 4) is 11.1 Å². The number of thiophene rings is 2. The summed E-state index contributed by atoms with van der Waals surface area (Å²) in [7, 11) is 0. The highest BCUT2D eigenvalue weighted by Crippen LogP contribution is 2.48. The molecule has 1 fully saturated rings. The van der Waals surface area contributed by atoms with Crippen LogP contribution in [0.4, 0.5) is 0 Å². The topological polar surface area (TPSA) is 49.0 Å². The van der Waals surface area contributed by atoms with Gasteiger partial charge in [0.2, 0.25) is 0 Å². The maximum absolute atomic E-state index is 13.0. The van der Waals surface area contributed by atoms with Crippen molar-refractivity contribution in [3.05, 3.63) is 73.8 Å². The molecule has 4 nitrogen and oxygen atoms in total. The Hall–Kier alpha value is -2.28. The fourth-order valence-corrected chi connectivity index (χ4v) is 6.51. The van der Waals surface area contributed by atoms with Gasteiger partial charge in [0.05, 0.1) is 11.9 Å². The van der Waals surface area contributed by atoms with Gasteiger partial charge in [0, 0.05) is 28.4 Å². The molecule has 2 aliphatic rings. The fraction of sp³-hybridized carbons (Fsp3) is 0.304. The molecule has 3 aromatic heterocycles. The van der Waals surface area contributed by atoms with E-state index >= 15 is 0 Å². The van der Waals surface area contributed by atoms with Gasteiger partial charge in [0.15, 0.2) is 0 Å². The molecule has 0 bridgehead atoms. The van der Waals surface area contributed by atoms with Crippen molar-refractivity contribution in [1.29, 1.82) is 0 Å². The first-order valence-corrected chi connectivity index (χ1v) is 11.9. The van der Waals surface area contributed by atoms with E-state index in [2.05, 4.69) is 26.7 Å². The van der Waals surface area contributed by atoms with Gasteiger partial charge in [-0.05, 0) is 47.8 Å². The lowest BCUT2D eigenvalue weighted by molar-refractivity contribution is 0.154. The number of aromatic nitrogens is 2. The van der Waals surface area contributed by atoms with Gasteiger partial charge in [0.1, 0.15) is 10.7 Å². The van der Waals surface area contributed by atoms with E-state index in [1.54, 1.807) is 16.2 Å². The molecule has 4 aromatic rings. The summed E-state index contributed by atoms with van der Waals surface area (Å²) >= 11 is 3.45. The molecular weight excluding hydrogens is 398 g/mol. The van der Waals surface area contributed by atoms with Crippen molar-refractivity contribution in [2.24, 2.45) is 5.92 Å². The number of nitrogens with one attached hydrogen (secondary N) is 1. The zero-order chi connectivity index (χ0) is 19.4. The van der Waals surface area contributed by atoms with E-state index in [0.717, 1.165) is 40.7 Å². The molecule has 1 aromatic carbocycles. The van der Waals surface area contributed by atoms with Crippen molar-refractivity contribution < 1.29 is 0 Å². The van der Waals surface area contributed by atoms with Crippen LogP contribution in [-0.4, -0.2) is 21.4 Å². The Morgan fingerprint density at radius 2 is 2.00 bits per heavy atom. The van der Waals surface area contributed by atoms with E-state index < -0.39 is 0 Å². The Morgan fingerprint density at radius 3 is 2.83 bits per heavy atom. The lowest BCUT2D eigenvalue weighted by Gasteiger charge is -2.35. The molecular formula is C23H21N3OS2. The van der Waals surface area contributed by atoms with Crippen LogP contribution < -0.4 is 5.56 Å². The first-order valence-electron chi connectivity index (χ1n) is 10.1. The number of aromatic amines is 1. The molecule has 1 unspecified atom stereocenters. The monoisotopic (exact) mass is 419 g/mol. The van der Waals surface area contributed by atoms with Crippen LogP contribution in [0.2, 0.25) is 0 Å². The third-order valence-electron chi connectivity index (χ3n) is 6.12. The Bertz CT molecular complexity index is 1240. The van der Waals surface area contributed by atoms with Gasteiger partial charge >= 0.3 is 0 Å². The lowest BCUT2D eigenvalue weighted by Crippen LogP contribution is -2.36. The summed E-state index contributed by atoms with van der Waals surface area (Å²) in [6.07, 6.45) is 3.72. The van der Waals surface area contributed by atoms with Gasteiger partial charge in [-0.15, -0.1) is 22.7 Å². The summed E-state index contributed by atoms with van der Waals surface area (Å²) in [6.45, 7) is 1.75. The highest BCUT2D eigenvalue weighted by atomic mass is 32.1. The Morgan fingerprint density at radius 1 is 1.14 bits per heavy atom. The molecule has 0 saturated heterocycles. The van der Waals surface area contributed by atoms with Gasteiger partial charge in [0.25, 0.3) is 5.56 Å². The molecule has 29 heavy (non-hydrogen) atoms. The second-order valence-electron chi connectivity index (χ2n) is 8.01. The number of rotatable bonds is 4. The minimum absolute atomic E-state index is 0.0266. The van der Waals surface area contributed by atoms with Gasteiger partial charge in [-0.25, -0.2) is 4.98 Å². The standard InChI is InChI=1S/C23H21N3OS2/c27-22-20-17(14-4-2-1-3-5-14)13-29-23(20)25-19(24-22)12-26-10-8-18-16(9-11-28-18)21(26)15-6-7-15/h1-5,9,11,13,15,21H,6-8,10,12H2,(H,24,25,27). The molecule has 146 valence electrons. The Labute approximate surface area is 176 Å². The summed E-state index contributed by atoms with van der Waals surface area (Å²) in [5, 5.41) is 4.99. The van der Waals surface area contributed by atoms with Crippen molar-refractivity contribution >= 4 is 32.9 Å². The largest absolute Gasteiger partial charge is 0.309 e. The van der Waals surface area contributed by atoms with E-state index in [9.17, 15) is 4.79 Å². The molecule has 1 N–H and O–H groups in total. The van der Waals surface area contributed by atoms with Crippen LogP contribution in [0.5, 0.6) is 0 Å². The fourth-order valence-electron chi connectivity index (χ4n) is 4.63. The number of nitrogens with zero attached hydrogens (tertiary/aromatic N) is 2. The van der Waals surface area contributed by atoms with Gasteiger partial charge in [-0.3, -0.25) is 9.69 Å². The second-order valence-corrected chi connectivity index (χ2v) is 9.87. The maximum atomic E-state index is 13.0.